The van der Waals surface area contributed by atoms with Crippen LogP contribution in [0.3, 0.4) is 0 Å². The number of nitrogens with one attached hydrogen (secondary N) is 3. The first-order valence-corrected chi connectivity index (χ1v) is 11.5. The molecule has 0 spiro atoms. The highest BCUT2D eigenvalue weighted by molar-refractivity contribution is 6.04. The Labute approximate surface area is 199 Å². The zero-order valence-electron chi connectivity index (χ0n) is 19.5. The highest BCUT2D eigenvalue weighted by Gasteiger charge is 2.19. The number of halogens is 1. The summed E-state index contributed by atoms with van der Waals surface area (Å²) in [6.45, 7) is 5.96. The molecule has 3 N–H and O–H groups in total. The van der Waals surface area contributed by atoms with Crippen LogP contribution in [0.5, 0.6) is 0 Å². The van der Waals surface area contributed by atoms with Crippen LogP contribution in [0.2, 0.25) is 0 Å². The van der Waals surface area contributed by atoms with Crippen molar-refractivity contribution in [2.75, 3.05) is 28.6 Å². The number of hydrogen-bond donors (Lipinski definition) is 3. The van der Waals surface area contributed by atoms with Crippen LogP contribution in [0.4, 0.5) is 26.2 Å². The summed E-state index contributed by atoms with van der Waals surface area (Å²) in [6, 6.07) is 16.9. The van der Waals surface area contributed by atoms with E-state index in [4.69, 9.17) is 0 Å². The zero-order chi connectivity index (χ0) is 24.1. The van der Waals surface area contributed by atoms with Crippen molar-refractivity contribution in [2.24, 2.45) is 0 Å². The van der Waals surface area contributed by atoms with Gasteiger partial charge in [0.15, 0.2) is 0 Å². The van der Waals surface area contributed by atoms with Crippen molar-refractivity contribution in [1.29, 1.82) is 0 Å². The van der Waals surface area contributed by atoms with Crippen molar-refractivity contribution in [3.05, 3.63) is 88.7 Å². The first kappa shape index (κ1) is 23.3. The maximum absolute atomic E-state index is 13.4. The van der Waals surface area contributed by atoms with Crippen molar-refractivity contribution >= 4 is 29.0 Å². The SMILES string of the molecule is Cc1ccc(NC(=O)Nc2cc(C(=O)NCc3cccc(F)c3)ccc2N2CCCC2)c(C)c1. The first-order chi connectivity index (χ1) is 16.4. The van der Waals surface area contributed by atoms with Crippen LogP contribution in [0.25, 0.3) is 0 Å². The number of amides is 3. The molecule has 0 bridgehead atoms. The molecule has 3 aromatic rings. The monoisotopic (exact) mass is 460 g/mol. The fraction of sp³-hybridized carbons (Fsp3) is 0.259. The Bertz CT molecular complexity index is 1200. The number of rotatable bonds is 6. The number of nitrogens with zero attached hydrogens (tertiary/aromatic N) is 1. The highest BCUT2D eigenvalue weighted by atomic mass is 19.1. The van der Waals surface area contributed by atoms with Gasteiger partial charge in [-0.15, -0.1) is 0 Å². The molecule has 1 fully saturated rings. The molecule has 3 amide bonds. The van der Waals surface area contributed by atoms with Crippen LogP contribution in [-0.2, 0) is 6.54 Å². The minimum atomic E-state index is -0.371. The van der Waals surface area contributed by atoms with E-state index in [0.717, 1.165) is 48.4 Å². The zero-order valence-corrected chi connectivity index (χ0v) is 19.5. The molecule has 1 saturated heterocycles. The fourth-order valence-electron chi connectivity index (χ4n) is 4.17. The van der Waals surface area contributed by atoms with Crippen LogP contribution in [0.1, 0.15) is 39.9 Å². The summed E-state index contributed by atoms with van der Waals surface area (Å²) in [5.41, 5.74) is 5.37. The molecule has 1 heterocycles. The molecule has 0 radical (unpaired) electrons. The van der Waals surface area contributed by atoms with Gasteiger partial charge in [0.2, 0.25) is 0 Å². The van der Waals surface area contributed by atoms with Gasteiger partial charge in [0.1, 0.15) is 5.82 Å². The van der Waals surface area contributed by atoms with Crippen LogP contribution in [0.15, 0.2) is 60.7 Å². The number of hydrogen-bond acceptors (Lipinski definition) is 3. The third-order valence-electron chi connectivity index (χ3n) is 5.93. The van der Waals surface area contributed by atoms with E-state index in [0.29, 0.717) is 16.8 Å². The Morgan fingerprint density at radius 1 is 0.912 bits per heavy atom. The molecule has 0 unspecified atom stereocenters. The summed E-state index contributed by atoms with van der Waals surface area (Å²) in [5.74, 6) is -0.641. The van der Waals surface area contributed by atoms with Gasteiger partial charge in [0.05, 0.1) is 11.4 Å². The lowest BCUT2D eigenvalue weighted by Gasteiger charge is -2.22. The number of aryl methyl sites for hydroxylation is 2. The predicted octanol–water partition coefficient (Wildman–Crippen LogP) is 5.62. The van der Waals surface area contributed by atoms with Crippen LogP contribution in [0, 0.1) is 19.7 Å². The van der Waals surface area contributed by atoms with Crippen molar-refractivity contribution < 1.29 is 14.0 Å². The van der Waals surface area contributed by atoms with Crippen LogP contribution >= 0.6 is 0 Å². The second-order valence-corrected chi connectivity index (χ2v) is 8.64. The maximum Gasteiger partial charge on any atom is 0.323 e. The number of benzene rings is 3. The molecular formula is C27H29FN4O2. The summed E-state index contributed by atoms with van der Waals surface area (Å²) in [7, 11) is 0. The van der Waals surface area contributed by atoms with Crippen molar-refractivity contribution in [3.63, 3.8) is 0 Å². The molecule has 4 rings (SSSR count). The van der Waals surface area contributed by atoms with Gasteiger partial charge in [-0.05, 0) is 74.2 Å². The number of carbonyl (C=O) groups excluding carboxylic acids is 2. The quantitative estimate of drug-likeness (QED) is 0.447. The van der Waals surface area contributed by atoms with E-state index in [-0.39, 0.29) is 24.3 Å². The lowest BCUT2D eigenvalue weighted by Crippen LogP contribution is -2.26. The van der Waals surface area contributed by atoms with E-state index < -0.39 is 0 Å². The van der Waals surface area contributed by atoms with Crippen molar-refractivity contribution in [2.45, 2.75) is 33.2 Å². The van der Waals surface area contributed by atoms with E-state index in [1.807, 2.05) is 38.1 Å². The first-order valence-electron chi connectivity index (χ1n) is 11.5. The summed E-state index contributed by atoms with van der Waals surface area (Å²) in [5, 5.41) is 8.65. The van der Waals surface area contributed by atoms with E-state index in [2.05, 4.69) is 20.9 Å². The van der Waals surface area contributed by atoms with E-state index in [9.17, 15) is 14.0 Å². The predicted molar refractivity (Wildman–Crippen MR) is 134 cm³/mol. The van der Waals surface area contributed by atoms with Crippen LogP contribution < -0.4 is 20.9 Å². The summed E-state index contributed by atoms with van der Waals surface area (Å²) in [4.78, 5) is 27.8. The third kappa shape index (κ3) is 5.73. The second kappa shape index (κ2) is 10.4. The van der Waals surface area contributed by atoms with Crippen molar-refractivity contribution in [3.8, 4) is 0 Å². The molecule has 1 aliphatic rings. The van der Waals surface area contributed by atoms with E-state index in [1.165, 1.54) is 12.1 Å². The Kier molecular flexibility index (Phi) is 7.11. The van der Waals surface area contributed by atoms with Gasteiger partial charge in [-0.2, -0.15) is 0 Å². The normalized spacial score (nSPS) is 13.0. The average Bonchev–Trinajstić information content (AvgIpc) is 3.34. The molecule has 34 heavy (non-hydrogen) atoms. The third-order valence-corrected chi connectivity index (χ3v) is 5.93. The maximum atomic E-state index is 13.4. The lowest BCUT2D eigenvalue weighted by molar-refractivity contribution is 0.0951. The Balaban J connectivity index is 1.51. The number of carbonyl (C=O) groups is 2. The topological polar surface area (TPSA) is 73.5 Å². The largest absolute Gasteiger partial charge is 0.370 e. The van der Waals surface area contributed by atoms with Gasteiger partial charge in [-0.25, -0.2) is 9.18 Å². The Morgan fingerprint density at radius 2 is 1.68 bits per heavy atom. The Hall–Kier alpha value is -3.87. The van der Waals surface area contributed by atoms with E-state index in [1.54, 1.807) is 24.3 Å². The Morgan fingerprint density at radius 3 is 2.41 bits per heavy atom. The molecule has 7 heteroatoms. The lowest BCUT2D eigenvalue weighted by atomic mass is 10.1. The standard InChI is InChI=1S/C27H29FN4O2/c1-18-8-10-23(19(2)14-18)30-27(34)31-24-16-21(9-11-25(24)32-12-3-4-13-32)26(33)29-17-20-6-5-7-22(28)15-20/h5-11,14-16H,3-4,12-13,17H2,1-2H3,(H,29,33)(H2,30,31,34). The fourth-order valence-corrected chi connectivity index (χ4v) is 4.17. The molecule has 6 nitrogen and oxygen atoms in total. The molecule has 176 valence electrons. The smallest absolute Gasteiger partial charge is 0.323 e. The van der Waals surface area contributed by atoms with Crippen LogP contribution in [-0.4, -0.2) is 25.0 Å². The summed E-state index contributed by atoms with van der Waals surface area (Å²) < 4.78 is 13.4. The summed E-state index contributed by atoms with van der Waals surface area (Å²) >= 11 is 0. The van der Waals surface area contributed by atoms with Gasteiger partial charge in [0.25, 0.3) is 5.91 Å². The molecule has 0 atom stereocenters. The summed E-state index contributed by atoms with van der Waals surface area (Å²) in [6.07, 6.45) is 2.17. The van der Waals surface area contributed by atoms with Crippen molar-refractivity contribution in [1.82, 2.24) is 5.32 Å². The van der Waals surface area contributed by atoms with Gasteiger partial charge in [0, 0.05) is 30.9 Å². The number of urea groups is 1. The van der Waals surface area contributed by atoms with Gasteiger partial charge in [-0.1, -0.05) is 29.8 Å². The van der Waals surface area contributed by atoms with Gasteiger partial charge in [-0.3, -0.25) is 4.79 Å². The number of anilines is 3. The molecule has 0 aliphatic carbocycles. The molecule has 1 aliphatic heterocycles. The second-order valence-electron chi connectivity index (χ2n) is 8.64. The molecular weight excluding hydrogens is 431 g/mol. The minimum Gasteiger partial charge on any atom is -0.370 e. The van der Waals surface area contributed by atoms with Gasteiger partial charge < -0.3 is 20.9 Å². The average molecular weight is 461 g/mol. The molecule has 0 aromatic heterocycles. The minimum absolute atomic E-state index is 0.209. The molecule has 0 saturated carbocycles. The van der Waals surface area contributed by atoms with Gasteiger partial charge >= 0.3 is 6.03 Å². The molecule has 3 aromatic carbocycles. The highest BCUT2D eigenvalue weighted by Crippen LogP contribution is 2.30. The van der Waals surface area contributed by atoms with E-state index >= 15 is 0 Å².